The van der Waals surface area contributed by atoms with Gasteiger partial charge in [-0.1, -0.05) is 44.2 Å². The van der Waals surface area contributed by atoms with Gasteiger partial charge in [-0.2, -0.15) is 0 Å². The molecule has 0 spiro atoms. The van der Waals surface area contributed by atoms with Gasteiger partial charge in [0, 0.05) is 25.7 Å². The Hall–Kier alpha value is -2.18. The highest BCUT2D eigenvalue weighted by molar-refractivity contribution is 7.89. The van der Waals surface area contributed by atoms with Crippen LogP contribution in [0.4, 0.5) is 0 Å². The second-order valence-corrected chi connectivity index (χ2v) is 8.52. The molecule has 0 aliphatic heterocycles. The van der Waals surface area contributed by atoms with Crippen LogP contribution in [-0.2, 0) is 16.6 Å². The largest absolute Gasteiger partial charge is 0.337 e. The van der Waals surface area contributed by atoms with E-state index in [0.717, 1.165) is 12.0 Å². The van der Waals surface area contributed by atoms with Crippen LogP contribution in [-0.4, -0.2) is 32.8 Å². The fourth-order valence-electron chi connectivity index (χ4n) is 2.49. The molecule has 0 bridgehead atoms. The molecule has 0 radical (unpaired) electrons. The zero-order chi connectivity index (χ0) is 19.2. The molecule has 0 saturated heterocycles. The van der Waals surface area contributed by atoms with Crippen LogP contribution in [0, 0.1) is 5.92 Å². The standard InChI is InChI=1S/C20H26N2O3S/c1-16(2)13-14-21-26(24,25)19-11-9-18(10-12-19)20(23)22(3)15-17-7-5-4-6-8-17/h4-12,16,21H,13-15H2,1-3H3. The first kappa shape index (κ1) is 20.1. The third kappa shape index (κ3) is 5.68. The number of carbonyl (C=O) groups is 1. The number of carbonyl (C=O) groups excluding carboxylic acids is 1. The average Bonchev–Trinajstić information content (AvgIpc) is 2.61. The van der Waals surface area contributed by atoms with Crippen molar-refractivity contribution in [2.75, 3.05) is 13.6 Å². The van der Waals surface area contributed by atoms with E-state index in [0.29, 0.717) is 24.6 Å². The van der Waals surface area contributed by atoms with Crippen LogP contribution >= 0.6 is 0 Å². The van der Waals surface area contributed by atoms with Crippen LogP contribution in [0.2, 0.25) is 0 Å². The summed E-state index contributed by atoms with van der Waals surface area (Å²) in [6, 6.07) is 15.8. The molecule has 0 fully saturated rings. The Morgan fingerprint density at radius 1 is 1.04 bits per heavy atom. The van der Waals surface area contributed by atoms with Crippen LogP contribution in [0.1, 0.15) is 36.2 Å². The molecule has 2 rings (SSSR count). The molecular formula is C20H26N2O3S. The fraction of sp³-hybridized carbons (Fsp3) is 0.350. The van der Waals surface area contributed by atoms with Crippen molar-refractivity contribution in [3.63, 3.8) is 0 Å². The Labute approximate surface area is 156 Å². The minimum absolute atomic E-state index is 0.148. The third-order valence-electron chi connectivity index (χ3n) is 4.03. The van der Waals surface area contributed by atoms with Crippen LogP contribution in [0.5, 0.6) is 0 Å². The van der Waals surface area contributed by atoms with E-state index in [2.05, 4.69) is 4.72 Å². The molecule has 26 heavy (non-hydrogen) atoms. The molecule has 0 aliphatic rings. The zero-order valence-electron chi connectivity index (χ0n) is 15.5. The molecule has 0 atom stereocenters. The minimum atomic E-state index is -3.54. The Morgan fingerprint density at radius 2 is 1.65 bits per heavy atom. The summed E-state index contributed by atoms with van der Waals surface area (Å²) < 4.78 is 27.1. The van der Waals surface area contributed by atoms with Crippen molar-refractivity contribution in [2.24, 2.45) is 5.92 Å². The molecule has 0 aliphatic carbocycles. The van der Waals surface area contributed by atoms with Gasteiger partial charge in [0.1, 0.15) is 0 Å². The fourth-order valence-corrected chi connectivity index (χ4v) is 3.54. The molecule has 1 amide bonds. The summed E-state index contributed by atoms with van der Waals surface area (Å²) in [6.07, 6.45) is 0.778. The van der Waals surface area contributed by atoms with Crippen molar-refractivity contribution >= 4 is 15.9 Å². The van der Waals surface area contributed by atoms with Crippen molar-refractivity contribution in [3.05, 3.63) is 65.7 Å². The normalized spacial score (nSPS) is 11.5. The van der Waals surface area contributed by atoms with Gasteiger partial charge in [-0.3, -0.25) is 4.79 Å². The van der Waals surface area contributed by atoms with Crippen molar-refractivity contribution in [1.29, 1.82) is 0 Å². The average molecular weight is 375 g/mol. The van der Waals surface area contributed by atoms with Crippen LogP contribution < -0.4 is 4.72 Å². The Kier molecular flexibility index (Phi) is 6.94. The summed E-state index contributed by atoms with van der Waals surface area (Å²) >= 11 is 0. The topological polar surface area (TPSA) is 66.5 Å². The predicted octanol–water partition coefficient (Wildman–Crippen LogP) is 3.28. The number of hydrogen-bond donors (Lipinski definition) is 1. The smallest absolute Gasteiger partial charge is 0.253 e. The summed E-state index contributed by atoms with van der Waals surface area (Å²) in [7, 11) is -1.81. The molecule has 0 unspecified atom stereocenters. The molecule has 140 valence electrons. The highest BCUT2D eigenvalue weighted by atomic mass is 32.2. The van der Waals surface area contributed by atoms with Gasteiger partial charge in [0.2, 0.25) is 10.0 Å². The van der Waals surface area contributed by atoms with E-state index >= 15 is 0 Å². The highest BCUT2D eigenvalue weighted by Gasteiger charge is 2.16. The molecule has 2 aromatic rings. The first-order valence-corrected chi connectivity index (χ1v) is 10.2. The number of nitrogens with zero attached hydrogens (tertiary/aromatic N) is 1. The summed E-state index contributed by atoms with van der Waals surface area (Å²) in [5.74, 6) is 0.281. The third-order valence-corrected chi connectivity index (χ3v) is 5.51. The van der Waals surface area contributed by atoms with Crippen LogP contribution in [0.25, 0.3) is 0 Å². The van der Waals surface area contributed by atoms with Crippen LogP contribution in [0.15, 0.2) is 59.5 Å². The molecule has 0 saturated carbocycles. The lowest BCUT2D eigenvalue weighted by Crippen LogP contribution is -2.27. The maximum absolute atomic E-state index is 12.5. The number of sulfonamides is 1. The predicted molar refractivity (Wildman–Crippen MR) is 103 cm³/mol. The summed E-state index contributed by atoms with van der Waals surface area (Å²) in [5.41, 5.74) is 1.50. The molecule has 6 heteroatoms. The second-order valence-electron chi connectivity index (χ2n) is 6.75. The van der Waals surface area contributed by atoms with Gasteiger partial charge in [0.25, 0.3) is 5.91 Å². The van der Waals surface area contributed by atoms with Crippen molar-refractivity contribution in [2.45, 2.75) is 31.7 Å². The number of benzene rings is 2. The van der Waals surface area contributed by atoms with E-state index in [1.54, 1.807) is 24.1 Å². The van der Waals surface area contributed by atoms with E-state index < -0.39 is 10.0 Å². The molecule has 1 N–H and O–H groups in total. The van der Waals surface area contributed by atoms with Gasteiger partial charge in [0.05, 0.1) is 4.90 Å². The lowest BCUT2D eigenvalue weighted by atomic mass is 10.1. The van der Waals surface area contributed by atoms with Crippen molar-refractivity contribution in [1.82, 2.24) is 9.62 Å². The number of nitrogens with one attached hydrogen (secondary N) is 1. The molecule has 0 aromatic heterocycles. The van der Waals surface area contributed by atoms with E-state index in [1.807, 2.05) is 44.2 Å². The summed E-state index contributed by atoms with van der Waals surface area (Å²) in [6.45, 7) is 4.98. The first-order chi connectivity index (χ1) is 12.3. The van der Waals surface area contributed by atoms with Crippen molar-refractivity contribution < 1.29 is 13.2 Å². The van der Waals surface area contributed by atoms with Gasteiger partial charge in [-0.15, -0.1) is 0 Å². The number of amides is 1. The number of hydrogen-bond acceptors (Lipinski definition) is 3. The SMILES string of the molecule is CC(C)CCNS(=O)(=O)c1ccc(C(=O)N(C)Cc2ccccc2)cc1. The maximum atomic E-state index is 12.5. The highest BCUT2D eigenvalue weighted by Crippen LogP contribution is 2.13. The lowest BCUT2D eigenvalue weighted by Gasteiger charge is -2.17. The van der Waals surface area contributed by atoms with Crippen molar-refractivity contribution in [3.8, 4) is 0 Å². The summed E-state index contributed by atoms with van der Waals surface area (Å²) in [4.78, 5) is 14.3. The minimum Gasteiger partial charge on any atom is -0.337 e. The quantitative estimate of drug-likeness (QED) is 0.771. The van der Waals surface area contributed by atoms with E-state index in [1.165, 1.54) is 12.1 Å². The van der Waals surface area contributed by atoms with Crippen LogP contribution in [0.3, 0.4) is 0 Å². The number of rotatable bonds is 8. The van der Waals surface area contributed by atoms with Gasteiger partial charge >= 0.3 is 0 Å². The van der Waals surface area contributed by atoms with E-state index in [4.69, 9.17) is 0 Å². The van der Waals surface area contributed by atoms with Gasteiger partial charge in [0.15, 0.2) is 0 Å². The molecule has 0 heterocycles. The monoisotopic (exact) mass is 374 g/mol. The maximum Gasteiger partial charge on any atom is 0.253 e. The van der Waals surface area contributed by atoms with E-state index in [-0.39, 0.29) is 10.8 Å². The lowest BCUT2D eigenvalue weighted by molar-refractivity contribution is 0.0785. The second kappa shape index (κ2) is 8.96. The molecule has 2 aromatic carbocycles. The van der Waals surface area contributed by atoms with E-state index in [9.17, 15) is 13.2 Å². The Morgan fingerprint density at radius 3 is 2.23 bits per heavy atom. The molecule has 5 nitrogen and oxygen atoms in total. The van der Waals surface area contributed by atoms with Gasteiger partial charge in [-0.05, 0) is 42.2 Å². The summed E-state index contributed by atoms with van der Waals surface area (Å²) in [5, 5.41) is 0. The Bertz CT molecular complexity index is 816. The zero-order valence-corrected chi connectivity index (χ0v) is 16.3. The van der Waals surface area contributed by atoms with Gasteiger partial charge in [-0.25, -0.2) is 13.1 Å². The Balaban J connectivity index is 2.02. The molecular weight excluding hydrogens is 348 g/mol. The first-order valence-electron chi connectivity index (χ1n) is 8.68. The van der Waals surface area contributed by atoms with Gasteiger partial charge < -0.3 is 4.90 Å².